The summed E-state index contributed by atoms with van der Waals surface area (Å²) in [4.78, 5) is 32.6. The van der Waals surface area contributed by atoms with Gasteiger partial charge in [0.05, 0.1) is 19.0 Å². The molecular formula is C9H17N3O4. The Bertz CT molecular complexity index is 280. The summed E-state index contributed by atoms with van der Waals surface area (Å²) in [5.74, 6) is -2.55. The first-order valence-electron chi connectivity index (χ1n) is 4.87. The standard InChI is InChI=1S/C9H17N3O4/c1-5(9(15)16)6(2)12-8(14)4-11-7(13)3-10/h5-6H,3-4,10H2,1-2H3,(H,11,13)(H,12,14)(H,15,16). The van der Waals surface area contributed by atoms with Crippen molar-refractivity contribution in [3.63, 3.8) is 0 Å². The quantitative estimate of drug-likeness (QED) is 0.433. The number of carboxylic acids is 1. The second kappa shape index (κ2) is 6.78. The highest BCUT2D eigenvalue weighted by molar-refractivity contribution is 5.85. The van der Waals surface area contributed by atoms with E-state index < -0.39 is 29.7 Å². The molecule has 0 saturated carbocycles. The molecule has 92 valence electrons. The number of nitrogens with two attached hydrogens (primary N) is 1. The normalized spacial score (nSPS) is 13.7. The molecule has 16 heavy (non-hydrogen) atoms. The molecule has 0 rings (SSSR count). The summed E-state index contributed by atoms with van der Waals surface area (Å²) >= 11 is 0. The highest BCUT2D eigenvalue weighted by Crippen LogP contribution is 2.01. The summed E-state index contributed by atoms with van der Waals surface area (Å²) in [5.41, 5.74) is 5.03. The van der Waals surface area contributed by atoms with Gasteiger partial charge >= 0.3 is 5.97 Å². The largest absolute Gasteiger partial charge is 0.481 e. The van der Waals surface area contributed by atoms with Gasteiger partial charge in [0.1, 0.15) is 0 Å². The van der Waals surface area contributed by atoms with Crippen molar-refractivity contribution < 1.29 is 19.5 Å². The molecule has 2 amide bonds. The summed E-state index contributed by atoms with van der Waals surface area (Å²) in [6, 6.07) is -0.500. The highest BCUT2D eigenvalue weighted by Gasteiger charge is 2.20. The predicted octanol–water partition coefficient (Wildman–Crippen LogP) is -1.71. The van der Waals surface area contributed by atoms with Gasteiger partial charge in [-0.3, -0.25) is 14.4 Å². The first-order valence-corrected chi connectivity index (χ1v) is 4.87. The monoisotopic (exact) mass is 231 g/mol. The van der Waals surface area contributed by atoms with Crippen molar-refractivity contribution in [2.24, 2.45) is 11.7 Å². The lowest BCUT2D eigenvalue weighted by Gasteiger charge is -2.17. The third-order valence-corrected chi connectivity index (χ3v) is 2.16. The van der Waals surface area contributed by atoms with Crippen molar-refractivity contribution in [2.45, 2.75) is 19.9 Å². The van der Waals surface area contributed by atoms with Gasteiger partial charge in [0, 0.05) is 6.04 Å². The van der Waals surface area contributed by atoms with E-state index in [0.29, 0.717) is 0 Å². The van der Waals surface area contributed by atoms with Gasteiger partial charge in [-0.1, -0.05) is 0 Å². The van der Waals surface area contributed by atoms with Crippen LogP contribution in [0.4, 0.5) is 0 Å². The molecule has 0 radical (unpaired) electrons. The Labute approximate surface area is 93.4 Å². The molecule has 5 N–H and O–H groups in total. The third kappa shape index (κ3) is 5.30. The Morgan fingerprint density at radius 2 is 1.81 bits per heavy atom. The van der Waals surface area contributed by atoms with E-state index in [1.807, 2.05) is 0 Å². The lowest BCUT2D eigenvalue weighted by atomic mass is 10.0. The van der Waals surface area contributed by atoms with Gasteiger partial charge < -0.3 is 21.5 Å². The second-order valence-corrected chi connectivity index (χ2v) is 3.46. The van der Waals surface area contributed by atoms with Crippen LogP contribution in [0.1, 0.15) is 13.8 Å². The van der Waals surface area contributed by atoms with E-state index in [-0.39, 0.29) is 13.1 Å². The molecule has 0 aliphatic rings. The van der Waals surface area contributed by atoms with Crippen LogP contribution in [0.15, 0.2) is 0 Å². The molecule has 2 unspecified atom stereocenters. The zero-order valence-electron chi connectivity index (χ0n) is 9.32. The predicted molar refractivity (Wildman–Crippen MR) is 56.5 cm³/mol. The number of rotatable bonds is 6. The lowest BCUT2D eigenvalue weighted by Crippen LogP contribution is -2.45. The van der Waals surface area contributed by atoms with Crippen molar-refractivity contribution in [1.82, 2.24) is 10.6 Å². The molecule has 0 aromatic carbocycles. The van der Waals surface area contributed by atoms with Crippen LogP contribution in [0.5, 0.6) is 0 Å². The maximum atomic E-state index is 11.2. The third-order valence-electron chi connectivity index (χ3n) is 2.16. The van der Waals surface area contributed by atoms with Crippen LogP contribution in [0.25, 0.3) is 0 Å². The fourth-order valence-corrected chi connectivity index (χ4v) is 0.895. The number of nitrogens with one attached hydrogen (secondary N) is 2. The van der Waals surface area contributed by atoms with Crippen LogP contribution in [0.2, 0.25) is 0 Å². The summed E-state index contributed by atoms with van der Waals surface area (Å²) in [7, 11) is 0. The molecule has 0 bridgehead atoms. The minimum Gasteiger partial charge on any atom is -0.481 e. The maximum absolute atomic E-state index is 11.2. The smallest absolute Gasteiger partial charge is 0.308 e. The Hall–Kier alpha value is -1.63. The van der Waals surface area contributed by atoms with E-state index in [1.54, 1.807) is 6.92 Å². The van der Waals surface area contributed by atoms with Crippen molar-refractivity contribution in [3.05, 3.63) is 0 Å². The van der Waals surface area contributed by atoms with Crippen LogP contribution in [-0.4, -0.2) is 42.0 Å². The average molecular weight is 231 g/mol. The van der Waals surface area contributed by atoms with E-state index in [4.69, 9.17) is 10.8 Å². The van der Waals surface area contributed by atoms with Crippen molar-refractivity contribution in [3.8, 4) is 0 Å². The van der Waals surface area contributed by atoms with Gasteiger partial charge in [0.15, 0.2) is 0 Å². The van der Waals surface area contributed by atoms with Crippen molar-refractivity contribution >= 4 is 17.8 Å². The maximum Gasteiger partial charge on any atom is 0.308 e. The molecule has 7 heteroatoms. The summed E-state index contributed by atoms with van der Waals surface area (Å²) in [6.07, 6.45) is 0. The molecule has 7 nitrogen and oxygen atoms in total. The Balaban J connectivity index is 3.96. The number of hydrogen-bond acceptors (Lipinski definition) is 4. The van der Waals surface area contributed by atoms with Crippen LogP contribution in [0, 0.1) is 5.92 Å². The van der Waals surface area contributed by atoms with Crippen LogP contribution >= 0.6 is 0 Å². The Morgan fingerprint density at radius 1 is 1.25 bits per heavy atom. The van der Waals surface area contributed by atoms with Crippen LogP contribution < -0.4 is 16.4 Å². The first-order chi connectivity index (χ1) is 7.38. The number of hydrogen-bond donors (Lipinski definition) is 4. The Morgan fingerprint density at radius 3 is 2.25 bits per heavy atom. The minimum atomic E-state index is -0.987. The van der Waals surface area contributed by atoms with Gasteiger partial charge in [0.2, 0.25) is 11.8 Å². The molecule has 0 aliphatic heterocycles. The van der Waals surface area contributed by atoms with E-state index >= 15 is 0 Å². The number of aliphatic carboxylic acids is 1. The Kier molecular flexibility index (Phi) is 6.09. The number of carboxylic acid groups (broad SMARTS) is 1. The molecule has 0 saturated heterocycles. The van der Waals surface area contributed by atoms with Crippen LogP contribution in [-0.2, 0) is 14.4 Å². The highest BCUT2D eigenvalue weighted by atomic mass is 16.4. The van der Waals surface area contributed by atoms with Crippen molar-refractivity contribution in [2.75, 3.05) is 13.1 Å². The summed E-state index contributed by atoms with van der Waals surface area (Å²) in [5, 5.41) is 13.4. The molecular weight excluding hydrogens is 214 g/mol. The SMILES string of the molecule is CC(NC(=O)CNC(=O)CN)C(C)C(=O)O. The molecule has 0 spiro atoms. The zero-order valence-corrected chi connectivity index (χ0v) is 9.32. The van der Waals surface area contributed by atoms with E-state index in [0.717, 1.165) is 0 Å². The zero-order chi connectivity index (χ0) is 12.7. The number of amides is 2. The number of carbonyl (C=O) groups excluding carboxylic acids is 2. The second-order valence-electron chi connectivity index (χ2n) is 3.46. The molecule has 0 aliphatic carbocycles. The van der Waals surface area contributed by atoms with Gasteiger partial charge in [-0.25, -0.2) is 0 Å². The van der Waals surface area contributed by atoms with Gasteiger partial charge in [-0.15, -0.1) is 0 Å². The lowest BCUT2D eigenvalue weighted by molar-refractivity contribution is -0.142. The first kappa shape index (κ1) is 14.4. The van der Waals surface area contributed by atoms with Gasteiger partial charge in [-0.2, -0.15) is 0 Å². The van der Waals surface area contributed by atoms with Crippen molar-refractivity contribution in [1.29, 1.82) is 0 Å². The molecule has 0 heterocycles. The van der Waals surface area contributed by atoms with E-state index in [9.17, 15) is 14.4 Å². The van der Waals surface area contributed by atoms with Gasteiger partial charge in [-0.05, 0) is 13.8 Å². The average Bonchev–Trinajstić information content (AvgIpc) is 2.24. The fraction of sp³-hybridized carbons (Fsp3) is 0.667. The molecule has 0 fully saturated rings. The summed E-state index contributed by atoms with van der Waals surface area (Å²) in [6.45, 7) is 2.69. The minimum absolute atomic E-state index is 0.186. The molecule has 0 aromatic rings. The van der Waals surface area contributed by atoms with Crippen LogP contribution in [0.3, 0.4) is 0 Å². The molecule has 0 aromatic heterocycles. The van der Waals surface area contributed by atoms with E-state index in [1.165, 1.54) is 6.92 Å². The van der Waals surface area contributed by atoms with Gasteiger partial charge in [0.25, 0.3) is 0 Å². The topological polar surface area (TPSA) is 122 Å². The molecule has 2 atom stereocenters. The fourth-order valence-electron chi connectivity index (χ4n) is 0.895. The summed E-state index contributed by atoms with van der Waals surface area (Å²) < 4.78 is 0. The number of carbonyl (C=O) groups is 3. The van der Waals surface area contributed by atoms with E-state index in [2.05, 4.69) is 10.6 Å².